The van der Waals surface area contributed by atoms with Crippen LogP contribution < -0.4 is 10.6 Å². The van der Waals surface area contributed by atoms with E-state index in [1.807, 2.05) is 12.1 Å². The predicted octanol–water partition coefficient (Wildman–Crippen LogP) is 3.82. The van der Waals surface area contributed by atoms with Gasteiger partial charge in [-0.3, -0.25) is 0 Å². The topological polar surface area (TPSA) is 29.3 Å². The standard InChI is InChI=1S/C14H15BrN2S2/c1-17(7-6-11-3-2-8-19-11)13-9-10(15)4-5-12(13)14(16)18/h2-5,8-9H,6-7H2,1H3,(H2,16,18). The van der Waals surface area contributed by atoms with Gasteiger partial charge in [-0.2, -0.15) is 0 Å². The molecular weight excluding hydrogens is 340 g/mol. The Labute approximate surface area is 131 Å². The summed E-state index contributed by atoms with van der Waals surface area (Å²) in [7, 11) is 2.07. The molecule has 1 aromatic carbocycles. The first-order valence-electron chi connectivity index (χ1n) is 5.91. The van der Waals surface area contributed by atoms with Crippen molar-refractivity contribution in [3.8, 4) is 0 Å². The lowest BCUT2D eigenvalue weighted by Gasteiger charge is -2.22. The first kappa shape index (κ1) is 14.5. The quantitative estimate of drug-likeness (QED) is 0.827. The Bertz CT molecular complexity index is 567. The summed E-state index contributed by atoms with van der Waals surface area (Å²) >= 11 is 10.4. The number of nitrogens with zero attached hydrogens (tertiary/aromatic N) is 1. The van der Waals surface area contributed by atoms with E-state index >= 15 is 0 Å². The summed E-state index contributed by atoms with van der Waals surface area (Å²) in [6, 6.07) is 10.2. The molecule has 5 heteroatoms. The molecule has 0 aliphatic rings. The van der Waals surface area contributed by atoms with Gasteiger partial charge < -0.3 is 10.6 Å². The summed E-state index contributed by atoms with van der Waals surface area (Å²) < 4.78 is 1.03. The van der Waals surface area contributed by atoms with Crippen LogP contribution in [0.25, 0.3) is 0 Å². The number of thiophene rings is 1. The summed E-state index contributed by atoms with van der Waals surface area (Å²) in [4.78, 5) is 4.02. The fraction of sp³-hybridized carbons (Fsp3) is 0.214. The third kappa shape index (κ3) is 3.78. The van der Waals surface area contributed by atoms with Crippen LogP contribution in [0, 0.1) is 0 Å². The Morgan fingerprint density at radius 1 is 1.42 bits per heavy atom. The summed E-state index contributed by atoms with van der Waals surface area (Å²) in [5.74, 6) is 0. The zero-order valence-electron chi connectivity index (χ0n) is 10.6. The second-order valence-electron chi connectivity index (χ2n) is 4.28. The number of likely N-dealkylation sites (N-methyl/N-ethyl adjacent to an activating group) is 1. The molecule has 0 bridgehead atoms. The lowest BCUT2D eigenvalue weighted by molar-refractivity contribution is 0.886. The van der Waals surface area contributed by atoms with E-state index < -0.39 is 0 Å². The average molecular weight is 355 g/mol. The number of hydrogen-bond donors (Lipinski definition) is 1. The van der Waals surface area contributed by atoms with Crippen LogP contribution in [0.4, 0.5) is 5.69 Å². The number of anilines is 1. The Morgan fingerprint density at radius 2 is 2.21 bits per heavy atom. The SMILES string of the molecule is CN(CCc1cccs1)c1cc(Br)ccc1C(N)=S. The number of hydrogen-bond acceptors (Lipinski definition) is 3. The molecule has 0 spiro atoms. The number of benzene rings is 1. The first-order chi connectivity index (χ1) is 9.08. The highest BCUT2D eigenvalue weighted by atomic mass is 79.9. The Kier molecular flexibility index (Phi) is 4.96. The van der Waals surface area contributed by atoms with Crippen LogP contribution in [0.1, 0.15) is 10.4 Å². The summed E-state index contributed by atoms with van der Waals surface area (Å²) in [6.45, 7) is 0.937. The molecular formula is C14H15BrN2S2. The largest absolute Gasteiger partial charge is 0.389 e. The first-order valence-corrected chi connectivity index (χ1v) is 7.99. The third-order valence-corrected chi connectivity index (χ3v) is 4.56. The molecule has 100 valence electrons. The van der Waals surface area contributed by atoms with E-state index in [2.05, 4.69) is 51.5 Å². The predicted molar refractivity (Wildman–Crippen MR) is 91.3 cm³/mol. The van der Waals surface area contributed by atoms with Crippen LogP contribution in [-0.2, 0) is 6.42 Å². The Morgan fingerprint density at radius 3 is 2.84 bits per heavy atom. The molecule has 2 aromatic rings. The van der Waals surface area contributed by atoms with Crippen molar-refractivity contribution in [1.82, 2.24) is 0 Å². The van der Waals surface area contributed by atoms with Crippen molar-refractivity contribution < 1.29 is 0 Å². The van der Waals surface area contributed by atoms with Crippen LogP contribution in [0.5, 0.6) is 0 Å². The average Bonchev–Trinajstić information content (AvgIpc) is 2.88. The minimum absolute atomic E-state index is 0.436. The Hall–Kier alpha value is -0.910. The molecule has 0 aliphatic carbocycles. The molecule has 0 saturated carbocycles. The molecule has 2 rings (SSSR count). The summed E-state index contributed by atoms with van der Waals surface area (Å²) in [5, 5.41) is 2.11. The van der Waals surface area contributed by atoms with Crippen molar-refractivity contribution in [2.24, 2.45) is 5.73 Å². The van der Waals surface area contributed by atoms with Gasteiger partial charge in [0.15, 0.2) is 0 Å². The van der Waals surface area contributed by atoms with Crippen molar-refractivity contribution in [3.05, 3.63) is 50.6 Å². The molecule has 19 heavy (non-hydrogen) atoms. The summed E-state index contributed by atoms with van der Waals surface area (Å²) in [5.41, 5.74) is 7.78. The van der Waals surface area contributed by atoms with Gasteiger partial charge in [0.2, 0.25) is 0 Å². The zero-order valence-corrected chi connectivity index (χ0v) is 13.8. The van der Waals surface area contributed by atoms with Crippen molar-refractivity contribution in [1.29, 1.82) is 0 Å². The van der Waals surface area contributed by atoms with Crippen molar-refractivity contribution >= 4 is 50.2 Å². The second kappa shape index (κ2) is 6.50. The van der Waals surface area contributed by atoms with E-state index in [9.17, 15) is 0 Å². The minimum Gasteiger partial charge on any atom is -0.389 e. The minimum atomic E-state index is 0.436. The van der Waals surface area contributed by atoms with E-state index in [1.54, 1.807) is 11.3 Å². The number of thiocarbonyl (C=S) groups is 1. The normalized spacial score (nSPS) is 10.4. The fourth-order valence-electron chi connectivity index (χ4n) is 1.88. The zero-order chi connectivity index (χ0) is 13.8. The molecule has 2 N–H and O–H groups in total. The van der Waals surface area contributed by atoms with E-state index in [0.29, 0.717) is 4.99 Å². The molecule has 0 aliphatic heterocycles. The Balaban J connectivity index is 2.15. The molecule has 1 heterocycles. The lowest BCUT2D eigenvalue weighted by atomic mass is 10.1. The van der Waals surface area contributed by atoms with Crippen molar-refractivity contribution in [2.45, 2.75) is 6.42 Å². The number of rotatable bonds is 5. The maximum atomic E-state index is 5.78. The van der Waals surface area contributed by atoms with Crippen molar-refractivity contribution in [2.75, 3.05) is 18.5 Å². The van der Waals surface area contributed by atoms with Crippen LogP contribution in [-0.4, -0.2) is 18.6 Å². The highest BCUT2D eigenvalue weighted by Crippen LogP contribution is 2.25. The maximum Gasteiger partial charge on any atom is 0.106 e. The molecule has 0 atom stereocenters. The number of nitrogens with two attached hydrogens (primary N) is 1. The van der Waals surface area contributed by atoms with Gasteiger partial charge in [0.1, 0.15) is 4.99 Å². The smallest absolute Gasteiger partial charge is 0.106 e. The molecule has 0 fully saturated rings. The van der Waals surface area contributed by atoms with E-state index in [4.69, 9.17) is 18.0 Å². The highest BCUT2D eigenvalue weighted by Gasteiger charge is 2.10. The molecule has 2 nitrogen and oxygen atoms in total. The maximum absolute atomic E-state index is 5.78. The number of halogens is 1. The highest BCUT2D eigenvalue weighted by molar-refractivity contribution is 9.10. The van der Waals surface area contributed by atoms with Gasteiger partial charge in [0, 0.05) is 34.2 Å². The molecule has 0 saturated heterocycles. The lowest BCUT2D eigenvalue weighted by Crippen LogP contribution is -2.24. The van der Waals surface area contributed by atoms with Gasteiger partial charge in [0.05, 0.1) is 0 Å². The van der Waals surface area contributed by atoms with Gasteiger partial charge >= 0.3 is 0 Å². The molecule has 0 unspecified atom stereocenters. The monoisotopic (exact) mass is 354 g/mol. The molecule has 1 aromatic heterocycles. The van der Waals surface area contributed by atoms with Gasteiger partial charge in [0.25, 0.3) is 0 Å². The van der Waals surface area contributed by atoms with Gasteiger partial charge in [-0.25, -0.2) is 0 Å². The van der Waals surface area contributed by atoms with Gasteiger partial charge in [-0.15, -0.1) is 11.3 Å². The van der Waals surface area contributed by atoms with Gasteiger partial charge in [-0.05, 0) is 36.1 Å². The van der Waals surface area contributed by atoms with Crippen LogP contribution in [0.15, 0.2) is 40.2 Å². The van der Waals surface area contributed by atoms with Crippen molar-refractivity contribution in [3.63, 3.8) is 0 Å². The summed E-state index contributed by atoms with van der Waals surface area (Å²) in [6.07, 6.45) is 1.03. The van der Waals surface area contributed by atoms with E-state index in [1.165, 1.54) is 4.88 Å². The fourth-order valence-corrected chi connectivity index (χ4v) is 3.10. The van der Waals surface area contributed by atoms with Crippen LogP contribution in [0.3, 0.4) is 0 Å². The molecule has 0 amide bonds. The third-order valence-electron chi connectivity index (χ3n) is 2.91. The second-order valence-corrected chi connectivity index (χ2v) is 6.66. The van der Waals surface area contributed by atoms with Crippen LogP contribution >= 0.6 is 39.5 Å². The van der Waals surface area contributed by atoms with E-state index in [0.717, 1.165) is 28.7 Å². The molecule has 0 radical (unpaired) electrons. The van der Waals surface area contributed by atoms with Crippen LogP contribution in [0.2, 0.25) is 0 Å². The van der Waals surface area contributed by atoms with E-state index in [-0.39, 0.29) is 0 Å². The van der Waals surface area contributed by atoms with Gasteiger partial charge in [-0.1, -0.05) is 34.2 Å².